The fourth-order valence-electron chi connectivity index (χ4n) is 1.07. The highest BCUT2D eigenvalue weighted by Crippen LogP contribution is 2.21. The summed E-state index contributed by atoms with van der Waals surface area (Å²) in [4.78, 5) is 13.2. The number of aromatic amines is 1. The molecule has 0 atom stereocenters. The van der Waals surface area contributed by atoms with Crippen molar-refractivity contribution in [1.82, 2.24) is 9.71 Å². The second-order valence-corrected chi connectivity index (χ2v) is 4.96. The van der Waals surface area contributed by atoms with Gasteiger partial charge >= 0.3 is 0 Å². The van der Waals surface area contributed by atoms with Crippen LogP contribution in [0.5, 0.6) is 0 Å². The van der Waals surface area contributed by atoms with Crippen molar-refractivity contribution in [2.24, 2.45) is 0 Å². The van der Waals surface area contributed by atoms with Crippen molar-refractivity contribution in [3.8, 4) is 0 Å². The van der Waals surface area contributed by atoms with E-state index in [2.05, 4.69) is 9.71 Å². The average Bonchev–Trinajstić information content (AvgIpc) is 2.87. The van der Waals surface area contributed by atoms with Crippen molar-refractivity contribution < 1.29 is 8.42 Å². The highest BCUT2D eigenvalue weighted by atomic mass is 32.2. The van der Waals surface area contributed by atoms with Gasteiger partial charge in [0, 0.05) is 12.1 Å². The minimum Gasteiger partial charge on any atom is -0.312 e. The molecule has 1 aliphatic rings. The monoisotopic (exact) mass is 214 g/mol. The minimum atomic E-state index is -3.53. The van der Waals surface area contributed by atoms with Crippen LogP contribution < -0.4 is 10.3 Å². The zero-order valence-electron chi connectivity index (χ0n) is 7.36. The third kappa shape index (κ3) is 2.02. The van der Waals surface area contributed by atoms with Crippen molar-refractivity contribution in [3.05, 3.63) is 28.6 Å². The van der Waals surface area contributed by atoms with Crippen LogP contribution in [0.4, 0.5) is 0 Å². The van der Waals surface area contributed by atoms with Crippen molar-refractivity contribution in [2.75, 3.05) is 0 Å². The minimum absolute atomic E-state index is 0.0451. The van der Waals surface area contributed by atoms with Gasteiger partial charge in [-0.25, -0.2) is 13.1 Å². The van der Waals surface area contributed by atoms with Crippen LogP contribution in [0.15, 0.2) is 28.0 Å². The van der Waals surface area contributed by atoms with E-state index in [1.807, 2.05) is 0 Å². The van der Waals surface area contributed by atoms with E-state index in [1.54, 1.807) is 0 Å². The van der Waals surface area contributed by atoms with Gasteiger partial charge in [-0.3, -0.25) is 4.79 Å². The number of H-pyrrole nitrogens is 1. The Labute approximate surface area is 81.2 Å². The molecule has 76 valence electrons. The molecule has 2 N–H and O–H groups in total. The second kappa shape index (κ2) is 3.21. The Morgan fingerprint density at radius 2 is 2.07 bits per heavy atom. The molecule has 0 aliphatic heterocycles. The van der Waals surface area contributed by atoms with Crippen LogP contribution in [0.25, 0.3) is 0 Å². The van der Waals surface area contributed by atoms with Gasteiger partial charge in [-0.2, -0.15) is 0 Å². The van der Waals surface area contributed by atoms with Gasteiger partial charge in [-0.15, -0.1) is 0 Å². The van der Waals surface area contributed by atoms with Crippen LogP contribution in [0.3, 0.4) is 0 Å². The second-order valence-electron chi connectivity index (χ2n) is 3.27. The maximum Gasteiger partial charge on any atom is 0.256 e. The van der Waals surface area contributed by atoms with E-state index in [1.165, 1.54) is 18.2 Å². The molecule has 0 radical (unpaired) electrons. The first kappa shape index (κ1) is 9.42. The first-order valence-corrected chi connectivity index (χ1v) is 5.78. The van der Waals surface area contributed by atoms with Gasteiger partial charge in [0.1, 0.15) is 0 Å². The number of hydrogen-bond acceptors (Lipinski definition) is 3. The molecule has 1 aromatic heterocycles. The van der Waals surface area contributed by atoms with Gasteiger partial charge in [-0.05, 0) is 18.9 Å². The summed E-state index contributed by atoms with van der Waals surface area (Å²) in [5, 5.41) is -0.0723. The molecule has 0 aromatic carbocycles. The van der Waals surface area contributed by atoms with E-state index in [-0.39, 0.29) is 11.1 Å². The van der Waals surface area contributed by atoms with Gasteiger partial charge in [0.15, 0.2) is 5.03 Å². The van der Waals surface area contributed by atoms with E-state index >= 15 is 0 Å². The molecule has 6 heteroatoms. The largest absolute Gasteiger partial charge is 0.312 e. The molecule has 1 aromatic rings. The highest BCUT2D eigenvalue weighted by molar-refractivity contribution is 7.89. The Morgan fingerprint density at radius 1 is 1.36 bits per heavy atom. The van der Waals surface area contributed by atoms with E-state index in [0.29, 0.717) is 0 Å². The molecule has 0 bridgehead atoms. The fourth-order valence-corrected chi connectivity index (χ4v) is 2.36. The molecule has 0 spiro atoms. The van der Waals surface area contributed by atoms with Crippen molar-refractivity contribution >= 4 is 10.0 Å². The van der Waals surface area contributed by atoms with Crippen LogP contribution in [-0.2, 0) is 10.0 Å². The summed E-state index contributed by atoms with van der Waals surface area (Å²) >= 11 is 0. The van der Waals surface area contributed by atoms with Crippen LogP contribution in [0.2, 0.25) is 0 Å². The first-order valence-electron chi connectivity index (χ1n) is 4.29. The van der Waals surface area contributed by atoms with Gasteiger partial charge in [0.05, 0.1) is 0 Å². The molecule has 5 nitrogen and oxygen atoms in total. The lowest BCUT2D eigenvalue weighted by Crippen LogP contribution is -2.27. The van der Waals surface area contributed by atoms with Gasteiger partial charge < -0.3 is 4.98 Å². The standard InChI is InChI=1S/C8H10N2O3S/c11-7-2-1-3-8(9-7)14(12,13)10-6-4-5-6/h1-3,6,10H,4-5H2,(H,9,11). The summed E-state index contributed by atoms with van der Waals surface area (Å²) in [6.45, 7) is 0. The summed E-state index contributed by atoms with van der Waals surface area (Å²) in [5.41, 5.74) is -0.413. The predicted molar refractivity (Wildman–Crippen MR) is 50.4 cm³/mol. The lowest BCUT2D eigenvalue weighted by Gasteiger charge is -2.03. The van der Waals surface area contributed by atoms with Crippen LogP contribution in [0, 0.1) is 0 Å². The lowest BCUT2D eigenvalue weighted by atomic mass is 10.5. The molecule has 1 heterocycles. The molecule has 0 amide bonds. The molecular weight excluding hydrogens is 204 g/mol. The van der Waals surface area contributed by atoms with Crippen LogP contribution in [0.1, 0.15) is 12.8 Å². The molecule has 0 saturated heterocycles. The summed E-state index contributed by atoms with van der Waals surface area (Å²) in [6, 6.07) is 4.10. The summed E-state index contributed by atoms with van der Waals surface area (Å²) in [7, 11) is -3.53. The molecule has 0 unspecified atom stereocenters. The van der Waals surface area contributed by atoms with Gasteiger partial charge in [-0.1, -0.05) is 6.07 Å². The fraction of sp³-hybridized carbons (Fsp3) is 0.375. The third-order valence-electron chi connectivity index (χ3n) is 1.93. The predicted octanol–water partition coefficient (Wildman–Crippen LogP) is -0.184. The first-order chi connectivity index (χ1) is 6.58. The summed E-state index contributed by atoms with van der Waals surface area (Å²) in [6.07, 6.45) is 1.74. The SMILES string of the molecule is O=c1cccc(S(=O)(=O)NC2CC2)[nH]1. The maximum absolute atomic E-state index is 11.6. The Bertz CT molecular complexity index is 487. The zero-order chi connectivity index (χ0) is 10.2. The van der Waals surface area contributed by atoms with Gasteiger partial charge in [0.2, 0.25) is 5.56 Å². The molecule has 1 fully saturated rings. The summed E-state index contributed by atoms with van der Waals surface area (Å²) in [5.74, 6) is 0. The normalized spacial score (nSPS) is 16.9. The zero-order valence-corrected chi connectivity index (χ0v) is 8.17. The Kier molecular flexibility index (Phi) is 2.16. The number of sulfonamides is 1. The Hall–Kier alpha value is -1.14. The quantitative estimate of drug-likeness (QED) is 0.732. The molecule has 14 heavy (non-hydrogen) atoms. The number of hydrogen-bond donors (Lipinski definition) is 2. The summed E-state index contributed by atoms with van der Waals surface area (Å²) < 4.78 is 25.6. The maximum atomic E-state index is 11.6. The molecular formula is C8H10N2O3S. The molecule has 2 rings (SSSR count). The van der Waals surface area contributed by atoms with E-state index in [0.717, 1.165) is 12.8 Å². The highest BCUT2D eigenvalue weighted by Gasteiger charge is 2.28. The molecule has 1 saturated carbocycles. The van der Waals surface area contributed by atoms with Crippen LogP contribution in [-0.4, -0.2) is 19.4 Å². The van der Waals surface area contributed by atoms with Gasteiger partial charge in [0.25, 0.3) is 10.0 Å². The number of aromatic nitrogens is 1. The lowest BCUT2D eigenvalue weighted by molar-refractivity contribution is 0.576. The topological polar surface area (TPSA) is 79.0 Å². The van der Waals surface area contributed by atoms with E-state index < -0.39 is 15.6 Å². The molecule has 1 aliphatic carbocycles. The Morgan fingerprint density at radius 3 is 2.64 bits per heavy atom. The van der Waals surface area contributed by atoms with E-state index in [9.17, 15) is 13.2 Å². The average molecular weight is 214 g/mol. The number of pyridine rings is 1. The van der Waals surface area contributed by atoms with E-state index in [4.69, 9.17) is 0 Å². The van der Waals surface area contributed by atoms with Crippen LogP contribution >= 0.6 is 0 Å². The van der Waals surface area contributed by atoms with Crippen molar-refractivity contribution in [1.29, 1.82) is 0 Å². The van der Waals surface area contributed by atoms with Crippen molar-refractivity contribution in [3.63, 3.8) is 0 Å². The smallest absolute Gasteiger partial charge is 0.256 e. The van der Waals surface area contributed by atoms with Crippen molar-refractivity contribution in [2.45, 2.75) is 23.9 Å². The Balaban J connectivity index is 2.32. The number of rotatable bonds is 3. The third-order valence-corrected chi connectivity index (χ3v) is 3.39. The number of nitrogens with one attached hydrogen (secondary N) is 2.